The van der Waals surface area contributed by atoms with Crippen molar-refractivity contribution in [3.05, 3.63) is 35.9 Å². The lowest BCUT2D eigenvalue weighted by Crippen LogP contribution is -2.62. The summed E-state index contributed by atoms with van der Waals surface area (Å²) in [6.07, 6.45) is -0.965. The molecule has 0 aliphatic rings. The van der Waals surface area contributed by atoms with Gasteiger partial charge in [-0.05, 0) is 119 Å². The Morgan fingerprint density at radius 1 is 0.452 bits per heavy atom. The highest BCUT2D eigenvalue weighted by atomic mass is 32.2. The number of rotatable bonds is 58. The number of guanidine groups is 2. The number of nitrogens with one attached hydrogen (secondary N) is 13. The molecule has 646 valence electrons. The molecule has 43 nitrogen and oxygen atoms in total. The van der Waals surface area contributed by atoms with Crippen molar-refractivity contribution in [2.45, 2.75) is 230 Å². The average molecular weight is 1650 g/mol. The molecule has 0 heterocycles. The van der Waals surface area contributed by atoms with Gasteiger partial charge in [0.25, 0.3) is 0 Å². The molecule has 0 radical (unpaired) electrons. The third kappa shape index (κ3) is 42.1. The van der Waals surface area contributed by atoms with E-state index in [1.165, 1.54) is 25.6 Å². The summed E-state index contributed by atoms with van der Waals surface area (Å²) < 4.78 is 0. The number of nitrogens with zero attached hydrogens (tertiary/aromatic N) is 2. The van der Waals surface area contributed by atoms with Gasteiger partial charge in [-0.3, -0.25) is 86.7 Å². The second-order valence-electron chi connectivity index (χ2n) is 28.3. The molecule has 0 bridgehead atoms. The molecule has 1 rings (SSSR count). The van der Waals surface area contributed by atoms with Crippen molar-refractivity contribution in [1.29, 1.82) is 0 Å². The maximum Gasteiger partial charge on any atom is 0.326 e. The lowest BCUT2D eigenvalue weighted by molar-refractivity contribution is -0.142. The zero-order chi connectivity index (χ0) is 87.2. The van der Waals surface area contributed by atoms with Crippen LogP contribution in [0.25, 0.3) is 0 Å². The first-order valence-electron chi connectivity index (χ1n) is 37.7. The third-order valence-electron chi connectivity index (χ3n) is 17.4. The fraction of sp³-hybridized carbons (Fsp3) is 0.648. The number of thioether (sulfide) groups is 1. The van der Waals surface area contributed by atoms with Crippen LogP contribution in [-0.4, -0.2) is 251 Å². The van der Waals surface area contributed by atoms with Gasteiger partial charge in [0, 0.05) is 25.9 Å². The van der Waals surface area contributed by atoms with Gasteiger partial charge in [0.05, 0.1) is 32.0 Å². The van der Waals surface area contributed by atoms with Gasteiger partial charge in [0.1, 0.15) is 72.5 Å². The van der Waals surface area contributed by atoms with Gasteiger partial charge in [-0.2, -0.15) is 11.8 Å². The Labute approximate surface area is 671 Å². The smallest absolute Gasteiger partial charge is 0.326 e. The maximum atomic E-state index is 14.7. The molecule has 44 heteroatoms. The Kier molecular flexibility index (Phi) is 48.5. The fourth-order valence-corrected chi connectivity index (χ4v) is 11.5. The summed E-state index contributed by atoms with van der Waals surface area (Å²) in [5.41, 5.74) is 44.7. The van der Waals surface area contributed by atoms with E-state index in [0.29, 0.717) is 5.56 Å². The Balaban J connectivity index is 3.63. The molecular formula is C71H121N23O20S. The number of hydrogen-bond donors (Lipinski definition) is 24. The molecule has 1 aromatic rings. The van der Waals surface area contributed by atoms with Gasteiger partial charge < -0.3 is 130 Å². The lowest BCUT2D eigenvalue weighted by atomic mass is 9.97. The minimum absolute atomic E-state index is 0.0126. The SMILES string of the molecule is CC[C@H](C)[C@H](NC(=O)[C@H](CC(N)=O)NC(=O)[C@H](C)NC(=O)[C@H](CCCN=C(N)N)NC(=O)[C@@H](N)CC(C)C)C(=O)N[C@@H](CO)C(=O)N[C@@H](Cc1ccccc1)C(=O)N[C@@H](CCCCN)C(=O)N[C@@H](CC(=O)O)C(=O)N[C@@H](CCSC)C(=O)N[C@@H](CCC(N)=O)C(=O)N[C@@H](CC(C)C)C(=O)NCC(=O)N[C@@H](CCCN=C(N)N)C(=O)O. The van der Waals surface area contributed by atoms with Gasteiger partial charge in [-0.15, -0.1) is 0 Å². The Bertz CT molecular complexity index is 3480. The molecule has 32 N–H and O–H groups in total. The molecule has 0 unspecified atom stereocenters. The molecule has 0 saturated carbocycles. The average Bonchev–Trinajstić information content (AvgIpc) is 0.847. The number of hydrogen-bond acceptors (Lipinski definition) is 23. The molecular weight excluding hydrogens is 1530 g/mol. The van der Waals surface area contributed by atoms with Crippen LogP contribution in [-0.2, 0) is 87.9 Å². The maximum absolute atomic E-state index is 14.7. The van der Waals surface area contributed by atoms with Crippen molar-refractivity contribution in [3.8, 4) is 0 Å². The second-order valence-corrected chi connectivity index (χ2v) is 29.3. The molecule has 0 aliphatic carbocycles. The van der Waals surface area contributed by atoms with Gasteiger partial charge in [0.15, 0.2) is 11.9 Å². The summed E-state index contributed by atoms with van der Waals surface area (Å²) in [6.45, 7) is 9.84. The van der Waals surface area contributed by atoms with Crippen LogP contribution in [0.4, 0.5) is 0 Å². The van der Waals surface area contributed by atoms with Crippen LogP contribution in [0.15, 0.2) is 40.3 Å². The third-order valence-corrected chi connectivity index (χ3v) is 18.1. The summed E-state index contributed by atoms with van der Waals surface area (Å²) in [6, 6.07) is -12.3. The highest BCUT2D eigenvalue weighted by Crippen LogP contribution is 2.15. The van der Waals surface area contributed by atoms with Crippen molar-refractivity contribution >= 4 is 124 Å². The molecule has 1 aromatic carbocycles. The van der Waals surface area contributed by atoms with E-state index in [-0.39, 0.29) is 126 Å². The van der Waals surface area contributed by atoms with Gasteiger partial charge in [-0.25, -0.2) is 4.79 Å². The second kappa shape index (κ2) is 54.7. The molecule has 0 saturated heterocycles. The fourth-order valence-electron chi connectivity index (χ4n) is 11.1. The van der Waals surface area contributed by atoms with E-state index < -0.39 is 224 Å². The number of unbranched alkanes of at least 4 members (excludes halogenated alkanes) is 1. The van der Waals surface area contributed by atoms with E-state index in [4.69, 9.17) is 45.9 Å². The Morgan fingerprint density at radius 3 is 1.39 bits per heavy atom. The number of nitrogens with two attached hydrogens (primary N) is 8. The molecule has 14 atom stereocenters. The van der Waals surface area contributed by atoms with Crippen LogP contribution < -0.4 is 115 Å². The number of carboxylic acid groups (broad SMARTS) is 2. The number of carboxylic acids is 2. The van der Waals surface area contributed by atoms with Crippen molar-refractivity contribution in [2.24, 2.45) is 73.6 Å². The topological polar surface area (TPSA) is 740 Å². The van der Waals surface area contributed by atoms with Crippen LogP contribution in [0, 0.1) is 17.8 Å². The summed E-state index contributed by atoms with van der Waals surface area (Å²) >= 11 is 1.21. The van der Waals surface area contributed by atoms with Crippen molar-refractivity contribution in [2.75, 3.05) is 44.8 Å². The van der Waals surface area contributed by atoms with Crippen molar-refractivity contribution in [3.63, 3.8) is 0 Å². The number of aliphatic imine (C=N–C) groups is 2. The summed E-state index contributed by atoms with van der Waals surface area (Å²) in [4.78, 5) is 238. The summed E-state index contributed by atoms with van der Waals surface area (Å²) in [5, 5.41) is 62.0. The van der Waals surface area contributed by atoms with E-state index >= 15 is 0 Å². The van der Waals surface area contributed by atoms with Crippen LogP contribution in [0.1, 0.15) is 150 Å². The predicted octanol–water partition coefficient (Wildman–Crippen LogP) is -7.67. The number of primary amides is 2. The number of aliphatic carboxylic acids is 2. The minimum Gasteiger partial charge on any atom is -0.481 e. The minimum atomic E-state index is -2.00. The Hall–Kier alpha value is -11.0. The van der Waals surface area contributed by atoms with Crippen molar-refractivity contribution < 1.29 is 96.8 Å². The highest BCUT2D eigenvalue weighted by molar-refractivity contribution is 7.98. The molecule has 0 aromatic heterocycles. The lowest BCUT2D eigenvalue weighted by Gasteiger charge is -2.29. The van der Waals surface area contributed by atoms with E-state index in [0.717, 1.165) is 0 Å². The number of carbonyl (C=O) groups excluding carboxylic acids is 15. The summed E-state index contributed by atoms with van der Waals surface area (Å²) in [5.74, 6) is -19.7. The van der Waals surface area contributed by atoms with Gasteiger partial charge in [0.2, 0.25) is 88.6 Å². The van der Waals surface area contributed by atoms with Crippen LogP contribution in [0.3, 0.4) is 0 Å². The van der Waals surface area contributed by atoms with Gasteiger partial charge in [-0.1, -0.05) is 78.3 Å². The first-order chi connectivity index (χ1) is 54.1. The quantitative estimate of drug-likeness (QED) is 0.0164. The summed E-state index contributed by atoms with van der Waals surface area (Å²) in [7, 11) is 0. The number of carbonyl (C=O) groups is 17. The van der Waals surface area contributed by atoms with E-state index in [9.17, 15) is 96.8 Å². The van der Waals surface area contributed by atoms with Crippen LogP contribution in [0.5, 0.6) is 0 Å². The number of benzene rings is 1. The van der Waals surface area contributed by atoms with Gasteiger partial charge >= 0.3 is 11.9 Å². The monoisotopic (exact) mass is 1650 g/mol. The first-order valence-corrected chi connectivity index (χ1v) is 39.1. The largest absolute Gasteiger partial charge is 0.481 e. The highest BCUT2D eigenvalue weighted by Gasteiger charge is 2.39. The zero-order valence-electron chi connectivity index (χ0n) is 66.4. The molecule has 0 aliphatic heterocycles. The zero-order valence-corrected chi connectivity index (χ0v) is 67.2. The van der Waals surface area contributed by atoms with E-state index in [1.807, 2.05) is 13.8 Å². The molecule has 0 spiro atoms. The molecule has 115 heavy (non-hydrogen) atoms. The number of aliphatic hydroxyl groups excluding tert-OH is 1. The normalized spacial score (nSPS) is 14.7. The van der Waals surface area contributed by atoms with E-state index in [1.54, 1.807) is 57.4 Å². The number of amides is 15. The first kappa shape index (κ1) is 102. The predicted molar refractivity (Wildman–Crippen MR) is 423 cm³/mol. The molecule has 0 fully saturated rings. The standard InChI is InChI=1S/C71H121N23O20S/c1-9-38(6)56(94-66(110)49(32-53(75)97)89-57(101)39(7)83-60(104)43(20-15-26-80-70(76)77)85-58(102)41(73)29-36(2)3)68(112)93-51(35-95)67(111)91-48(31-40-17-11-10-12-18-40)64(108)86-42(19-13-14-25-72)61(105)92-50(33-55(99)100)65(109)88-45(24-28-115-8)63(107)87-44(22-23-52(74)96)62(106)90-47(30-37(4)5)59(103)82-34-54(98)84-46(69(113)114)21-16-27-81-71(78)79/h10-12,17-18,36-39,41-51,56,95H,9,13-16,19-35,72-73H2,1-8H3,(H2,74,96)(H2,75,97)(H,82,103)(H,83,104)(H,84,98)(H,85,102)(H,86,108)(H,87,107)(H,88,109)(H,89,101)(H,90,106)(H,91,111)(H,92,105)(H,93,112)(H,94,110)(H,99,100)(H,113,114)(H4,76,77,80)(H4,78,79,81)/t38-,39-,41-,42-,43-,44-,45-,46-,47-,48-,49-,50-,51-,56-/m0/s1. The van der Waals surface area contributed by atoms with Crippen molar-refractivity contribution in [1.82, 2.24) is 69.1 Å². The Morgan fingerprint density at radius 2 is 0.896 bits per heavy atom. The molecule has 15 amide bonds. The number of aliphatic hydroxyl groups is 1. The van der Waals surface area contributed by atoms with Crippen LogP contribution in [0.2, 0.25) is 0 Å². The van der Waals surface area contributed by atoms with Crippen LogP contribution >= 0.6 is 11.8 Å². The van der Waals surface area contributed by atoms with E-state index in [2.05, 4.69) is 79.1 Å².